The number of aliphatic hydroxyl groups is 1. The average molecular weight is 286 g/mol. The minimum absolute atomic E-state index is 0.0829. The fourth-order valence-corrected chi connectivity index (χ4v) is 2.91. The Balaban J connectivity index is 2.05. The summed E-state index contributed by atoms with van der Waals surface area (Å²) in [5.41, 5.74) is 1.17. The molecule has 2 rings (SSSR count). The van der Waals surface area contributed by atoms with Crippen LogP contribution >= 0.6 is 0 Å². The zero-order valence-electron chi connectivity index (χ0n) is 12.4. The van der Waals surface area contributed by atoms with Gasteiger partial charge in [-0.15, -0.1) is 0 Å². The van der Waals surface area contributed by atoms with E-state index in [1.807, 2.05) is 0 Å². The summed E-state index contributed by atoms with van der Waals surface area (Å²) in [7, 11) is 0. The number of aromatic nitrogens is 1. The highest BCUT2D eigenvalue weighted by atomic mass is 16.2. The van der Waals surface area contributed by atoms with Crippen molar-refractivity contribution < 1.29 is 9.90 Å². The maximum atomic E-state index is 12.4. The Labute approximate surface area is 126 Å². The van der Waals surface area contributed by atoms with Crippen LogP contribution in [0.1, 0.15) is 54.9 Å². The van der Waals surface area contributed by atoms with E-state index in [9.17, 15) is 4.79 Å². The van der Waals surface area contributed by atoms with Crippen molar-refractivity contribution in [1.29, 1.82) is 0 Å². The molecule has 2 N–H and O–H groups in total. The summed E-state index contributed by atoms with van der Waals surface area (Å²) >= 11 is 0. The molecule has 0 bridgehead atoms. The molecule has 2 atom stereocenters. The number of carbonyl (C=O) groups is 1. The fraction of sp³-hybridized carbons (Fsp3) is 0.529. The number of pyridine rings is 1. The Bertz CT molecular complexity index is 545. The Morgan fingerprint density at radius 1 is 1.43 bits per heavy atom. The van der Waals surface area contributed by atoms with Crippen molar-refractivity contribution in [2.75, 3.05) is 6.61 Å². The highest BCUT2D eigenvalue weighted by Gasteiger charge is 2.25. The molecule has 0 saturated heterocycles. The van der Waals surface area contributed by atoms with Crippen molar-refractivity contribution in [3.63, 3.8) is 0 Å². The van der Waals surface area contributed by atoms with Gasteiger partial charge in [-0.05, 0) is 24.8 Å². The second-order valence-electron chi connectivity index (χ2n) is 5.45. The van der Waals surface area contributed by atoms with Gasteiger partial charge in [0.2, 0.25) is 0 Å². The number of nitrogens with zero attached hydrogens (tertiary/aromatic N) is 1. The van der Waals surface area contributed by atoms with E-state index in [2.05, 4.69) is 29.1 Å². The predicted octanol–water partition coefficient (Wildman–Crippen LogP) is 2.12. The second kappa shape index (κ2) is 7.80. The van der Waals surface area contributed by atoms with Gasteiger partial charge in [0.25, 0.3) is 5.91 Å². The maximum absolute atomic E-state index is 12.4. The van der Waals surface area contributed by atoms with Gasteiger partial charge in [0, 0.05) is 24.0 Å². The van der Waals surface area contributed by atoms with Crippen LogP contribution in [-0.2, 0) is 0 Å². The van der Waals surface area contributed by atoms with Gasteiger partial charge in [-0.3, -0.25) is 9.78 Å². The summed E-state index contributed by atoms with van der Waals surface area (Å²) in [6.45, 7) is 1.98. The maximum Gasteiger partial charge on any atom is 0.253 e. The van der Waals surface area contributed by atoms with Crippen LogP contribution in [0.15, 0.2) is 18.5 Å². The van der Waals surface area contributed by atoms with Crippen molar-refractivity contribution >= 4 is 5.91 Å². The van der Waals surface area contributed by atoms with Crippen LogP contribution in [0.25, 0.3) is 0 Å². The lowest BCUT2D eigenvalue weighted by Crippen LogP contribution is -2.41. The first-order chi connectivity index (χ1) is 10.2. The minimum atomic E-state index is -0.198. The van der Waals surface area contributed by atoms with Crippen molar-refractivity contribution in [1.82, 2.24) is 10.3 Å². The van der Waals surface area contributed by atoms with Crippen molar-refractivity contribution in [2.45, 2.75) is 45.1 Å². The van der Waals surface area contributed by atoms with Crippen molar-refractivity contribution in [3.05, 3.63) is 29.6 Å². The van der Waals surface area contributed by atoms with E-state index >= 15 is 0 Å². The van der Waals surface area contributed by atoms with Gasteiger partial charge >= 0.3 is 0 Å². The van der Waals surface area contributed by atoms with E-state index in [0.29, 0.717) is 17.0 Å². The average Bonchev–Trinajstić information content (AvgIpc) is 2.53. The molecule has 2 unspecified atom stereocenters. The molecule has 1 saturated carbocycles. The molecule has 0 radical (unpaired) electrons. The first-order valence-electron chi connectivity index (χ1n) is 7.60. The lowest BCUT2D eigenvalue weighted by Gasteiger charge is -2.31. The number of hydrogen-bond acceptors (Lipinski definition) is 3. The monoisotopic (exact) mass is 286 g/mol. The zero-order valence-corrected chi connectivity index (χ0v) is 12.4. The molecule has 0 aromatic carbocycles. The van der Waals surface area contributed by atoms with Gasteiger partial charge in [-0.1, -0.05) is 38.0 Å². The van der Waals surface area contributed by atoms with E-state index in [-0.39, 0.29) is 18.6 Å². The molecular weight excluding hydrogens is 264 g/mol. The highest BCUT2D eigenvalue weighted by molar-refractivity contribution is 5.94. The van der Waals surface area contributed by atoms with Gasteiger partial charge in [0.1, 0.15) is 6.61 Å². The SMILES string of the molecule is CCC1CCCCC1NC(=O)c1cncc(C#CCO)c1. The molecule has 1 aliphatic rings. The summed E-state index contributed by atoms with van der Waals surface area (Å²) in [5.74, 6) is 5.83. The summed E-state index contributed by atoms with van der Waals surface area (Å²) < 4.78 is 0. The van der Waals surface area contributed by atoms with Crippen molar-refractivity contribution in [3.8, 4) is 11.8 Å². The molecule has 21 heavy (non-hydrogen) atoms. The first-order valence-corrected chi connectivity index (χ1v) is 7.60. The zero-order chi connectivity index (χ0) is 15.1. The Morgan fingerprint density at radius 3 is 3.00 bits per heavy atom. The fourth-order valence-electron chi connectivity index (χ4n) is 2.91. The van der Waals surface area contributed by atoms with E-state index < -0.39 is 0 Å². The summed E-state index contributed by atoms with van der Waals surface area (Å²) in [5, 5.41) is 11.8. The van der Waals surface area contributed by atoms with Crippen LogP contribution in [0, 0.1) is 17.8 Å². The summed E-state index contributed by atoms with van der Waals surface area (Å²) in [6.07, 6.45) is 8.95. The van der Waals surface area contributed by atoms with Crippen LogP contribution in [0.3, 0.4) is 0 Å². The van der Waals surface area contributed by atoms with E-state index in [1.165, 1.54) is 19.3 Å². The molecule has 0 spiro atoms. The van der Waals surface area contributed by atoms with Gasteiger partial charge in [0.05, 0.1) is 5.56 Å². The van der Waals surface area contributed by atoms with Crippen LogP contribution in [0.5, 0.6) is 0 Å². The number of carbonyl (C=O) groups excluding carboxylic acids is 1. The number of amides is 1. The van der Waals surface area contributed by atoms with Crippen LogP contribution in [-0.4, -0.2) is 28.6 Å². The summed E-state index contributed by atoms with van der Waals surface area (Å²) in [6, 6.07) is 1.98. The number of rotatable bonds is 3. The molecule has 1 heterocycles. The molecule has 4 heteroatoms. The third kappa shape index (κ3) is 4.30. The smallest absolute Gasteiger partial charge is 0.253 e. The first kappa shape index (κ1) is 15.5. The third-order valence-corrected chi connectivity index (χ3v) is 4.06. The van der Waals surface area contributed by atoms with Crippen molar-refractivity contribution in [2.24, 2.45) is 5.92 Å². The summed E-state index contributed by atoms with van der Waals surface area (Å²) in [4.78, 5) is 16.4. The lowest BCUT2D eigenvalue weighted by atomic mass is 9.83. The molecule has 4 nitrogen and oxygen atoms in total. The molecular formula is C17H22N2O2. The predicted molar refractivity (Wildman–Crippen MR) is 81.7 cm³/mol. The lowest BCUT2D eigenvalue weighted by molar-refractivity contribution is 0.0904. The van der Waals surface area contributed by atoms with Gasteiger partial charge in [-0.2, -0.15) is 0 Å². The molecule has 112 valence electrons. The largest absolute Gasteiger partial charge is 0.384 e. The number of aliphatic hydroxyl groups excluding tert-OH is 1. The van der Waals surface area contributed by atoms with Gasteiger partial charge in [0.15, 0.2) is 0 Å². The van der Waals surface area contributed by atoms with Crippen LogP contribution < -0.4 is 5.32 Å². The number of nitrogens with one attached hydrogen (secondary N) is 1. The van der Waals surface area contributed by atoms with E-state index in [0.717, 1.165) is 12.8 Å². The Hall–Kier alpha value is -1.86. The number of hydrogen-bond donors (Lipinski definition) is 2. The second-order valence-corrected chi connectivity index (χ2v) is 5.45. The Kier molecular flexibility index (Phi) is 5.77. The topological polar surface area (TPSA) is 62.2 Å². The van der Waals surface area contributed by atoms with E-state index in [1.54, 1.807) is 18.5 Å². The minimum Gasteiger partial charge on any atom is -0.384 e. The molecule has 1 aromatic heterocycles. The quantitative estimate of drug-likeness (QED) is 0.837. The molecule has 1 aromatic rings. The van der Waals surface area contributed by atoms with E-state index in [4.69, 9.17) is 5.11 Å². The van der Waals surface area contributed by atoms with Gasteiger partial charge in [-0.25, -0.2) is 0 Å². The molecule has 1 amide bonds. The molecule has 0 aliphatic heterocycles. The van der Waals surface area contributed by atoms with Gasteiger partial charge < -0.3 is 10.4 Å². The Morgan fingerprint density at radius 2 is 2.24 bits per heavy atom. The van der Waals surface area contributed by atoms with Crippen LogP contribution in [0.2, 0.25) is 0 Å². The standard InChI is InChI=1S/C17H22N2O2/c1-2-14-7-3-4-8-16(14)19-17(21)15-10-13(6-5-9-20)11-18-12-15/h10-12,14,16,20H,2-4,7-9H2,1H3,(H,19,21). The molecule has 1 aliphatic carbocycles. The van der Waals surface area contributed by atoms with Crippen LogP contribution in [0.4, 0.5) is 0 Å². The normalized spacial score (nSPS) is 21.2. The highest BCUT2D eigenvalue weighted by Crippen LogP contribution is 2.27. The third-order valence-electron chi connectivity index (χ3n) is 4.06. The molecule has 1 fully saturated rings.